The van der Waals surface area contributed by atoms with E-state index in [9.17, 15) is 4.79 Å². The molecule has 21 heavy (non-hydrogen) atoms. The Hall–Kier alpha value is -1.99. The van der Waals surface area contributed by atoms with Crippen molar-refractivity contribution in [3.05, 3.63) is 29.8 Å². The molecule has 1 heterocycles. The molecule has 1 saturated heterocycles. The van der Waals surface area contributed by atoms with Gasteiger partial charge in [-0.2, -0.15) is 0 Å². The summed E-state index contributed by atoms with van der Waals surface area (Å²) < 4.78 is 0. The Morgan fingerprint density at radius 3 is 2.43 bits per heavy atom. The van der Waals surface area contributed by atoms with Crippen LogP contribution in [0, 0.1) is 11.8 Å². The molecule has 0 spiro atoms. The Labute approximate surface area is 126 Å². The molecule has 1 aromatic rings. The molecule has 4 heteroatoms. The number of amides is 2. The van der Waals surface area contributed by atoms with Crippen LogP contribution in [0.25, 0.3) is 0 Å². The number of aliphatic hydroxyl groups excluding tert-OH is 1. The average molecular weight is 286 g/mol. The van der Waals surface area contributed by atoms with Crippen molar-refractivity contribution in [2.24, 2.45) is 0 Å². The first kappa shape index (κ1) is 15.4. The van der Waals surface area contributed by atoms with Gasteiger partial charge in [0.2, 0.25) is 0 Å². The van der Waals surface area contributed by atoms with E-state index in [-0.39, 0.29) is 12.6 Å². The number of hydrogen-bond acceptors (Lipinski definition) is 2. The molecule has 0 aromatic heterocycles. The summed E-state index contributed by atoms with van der Waals surface area (Å²) in [7, 11) is 0. The molecule has 1 aromatic carbocycles. The number of urea groups is 1. The Kier molecular flexibility index (Phi) is 6.11. The molecule has 2 amide bonds. The zero-order valence-corrected chi connectivity index (χ0v) is 12.3. The van der Waals surface area contributed by atoms with Crippen LogP contribution in [0.15, 0.2) is 24.3 Å². The van der Waals surface area contributed by atoms with Gasteiger partial charge in [-0.05, 0) is 37.1 Å². The fourth-order valence-corrected chi connectivity index (χ4v) is 2.33. The van der Waals surface area contributed by atoms with Gasteiger partial charge in [-0.25, -0.2) is 4.79 Å². The monoisotopic (exact) mass is 286 g/mol. The standard InChI is InChI=1S/C17H22N2O2/c20-14-6-3-7-15-8-10-16(11-9-15)18-17(21)19-12-4-1-2-5-13-19/h8-11,20H,1-2,4-6,12-14H2,(H,18,21). The Morgan fingerprint density at radius 1 is 1.14 bits per heavy atom. The maximum Gasteiger partial charge on any atom is 0.321 e. The van der Waals surface area contributed by atoms with Crippen LogP contribution in [0.3, 0.4) is 0 Å². The van der Waals surface area contributed by atoms with Crippen molar-refractivity contribution in [3.8, 4) is 11.8 Å². The van der Waals surface area contributed by atoms with Crippen LogP contribution >= 0.6 is 0 Å². The Bertz CT molecular complexity index is 506. The Balaban J connectivity index is 1.90. The second-order valence-corrected chi connectivity index (χ2v) is 5.18. The second kappa shape index (κ2) is 8.33. The fraction of sp³-hybridized carbons (Fsp3) is 0.471. The van der Waals surface area contributed by atoms with Crippen LogP contribution < -0.4 is 5.32 Å². The Morgan fingerprint density at radius 2 is 1.81 bits per heavy atom. The lowest BCUT2D eigenvalue weighted by Gasteiger charge is -2.20. The molecule has 2 rings (SSSR count). The molecular formula is C17H22N2O2. The summed E-state index contributed by atoms with van der Waals surface area (Å²) >= 11 is 0. The summed E-state index contributed by atoms with van der Waals surface area (Å²) in [6.45, 7) is 1.77. The molecule has 0 atom stereocenters. The van der Waals surface area contributed by atoms with E-state index in [2.05, 4.69) is 17.2 Å². The van der Waals surface area contributed by atoms with Gasteiger partial charge in [0.1, 0.15) is 0 Å². The highest BCUT2D eigenvalue weighted by atomic mass is 16.2. The number of likely N-dealkylation sites (tertiary alicyclic amines) is 1. The first-order valence-corrected chi connectivity index (χ1v) is 7.55. The van der Waals surface area contributed by atoms with E-state index in [4.69, 9.17) is 5.11 Å². The maximum atomic E-state index is 12.2. The van der Waals surface area contributed by atoms with Crippen LogP contribution in [0.2, 0.25) is 0 Å². The minimum atomic E-state index is -0.0176. The van der Waals surface area contributed by atoms with Crippen molar-refractivity contribution in [2.75, 3.05) is 25.0 Å². The van der Waals surface area contributed by atoms with Gasteiger partial charge in [-0.3, -0.25) is 0 Å². The fourth-order valence-electron chi connectivity index (χ4n) is 2.33. The molecule has 0 radical (unpaired) electrons. The number of aliphatic hydroxyl groups is 1. The lowest BCUT2D eigenvalue weighted by Crippen LogP contribution is -2.35. The number of nitrogens with zero attached hydrogens (tertiary/aromatic N) is 1. The summed E-state index contributed by atoms with van der Waals surface area (Å²) in [6, 6.07) is 7.46. The first-order chi connectivity index (χ1) is 10.3. The predicted octanol–water partition coefficient (Wildman–Crippen LogP) is 2.83. The van der Waals surface area contributed by atoms with Gasteiger partial charge < -0.3 is 15.3 Å². The van der Waals surface area contributed by atoms with Gasteiger partial charge in [0.15, 0.2) is 0 Å². The average Bonchev–Trinajstić information content (AvgIpc) is 2.78. The molecule has 2 N–H and O–H groups in total. The zero-order chi connectivity index (χ0) is 14.9. The minimum Gasteiger partial charge on any atom is -0.395 e. The van der Waals surface area contributed by atoms with Gasteiger partial charge in [0.25, 0.3) is 0 Å². The van der Waals surface area contributed by atoms with E-state index in [1.165, 1.54) is 12.8 Å². The minimum absolute atomic E-state index is 0.0176. The summed E-state index contributed by atoms with van der Waals surface area (Å²) in [5, 5.41) is 11.6. The molecule has 0 aliphatic carbocycles. The van der Waals surface area contributed by atoms with E-state index >= 15 is 0 Å². The van der Waals surface area contributed by atoms with Crippen molar-refractivity contribution >= 4 is 11.7 Å². The smallest absolute Gasteiger partial charge is 0.321 e. The van der Waals surface area contributed by atoms with E-state index < -0.39 is 0 Å². The van der Waals surface area contributed by atoms with Crippen LogP contribution in [0.4, 0.5) is 10.5 Å². The third-order valence-corrected chi connectivity index (χ3v) is 3.50. The molecular weight excluding hydrogens is 264 g/mol. The molecule has 0 saturated carbocycles. The van der Waals surface area contributed by atoms with Crippen LogP contribution in [0.1, 0.15) is 37.7 Å². The number of hydrogen-bond donors (Lipinski definition) is 2. The number of benzene rings is 1. The van der Waals surface area contributed by atoms with Gasteiger partial charge in [0, 0.05) is 30.8 Å². The van der Waals surface area contributed by atoms with Crippen molar-refractivity contribution in [1.29, 1.82) is 0 Å². The quantitative estimate of drug-likeness (QED) is 0.821. The highest BCUT2D eigenvalue weighted by Crippen LogP contribution is 2.13. The van der Waals surface area contributed by atoms with E-state index in [1.54, 1.807) is 0 Å². The lowest BCUT2D eigenvalue weighted by atomic mass is 10.2. The van der Waals surface area contributed by atoms with Gasteiger partial charge >= 0.3 is 6.03 Å². The number of carbonyl (C=O) groups is 1. The van der Waals surface area contributed by atoms with Crippen LogP contribution in [-0.2, 0) is 0 Å². The highest BCUT2D eigenvalue weighted by molar-refractivity contribution is 5.89. The normalized spacial score (nSPS) is 14.8. The molecule has 1 fully saturated rings. The second-order valence-electron chi connectivity index (χ2n) is 5.18. The zero-order valence-electron chi connectivity index (χ0n) is 12.3. The number of rotatable bonds is 2. The first-order valence-electron chi connectivity index (χ1n) is 7.55. The summed E-state index contributed by atoms with van der Waals surface area (Å²) in [6.07, 6.45) is 5.09. The summed E-state index contributed by atoms with van der Waals surface area (Å²) in [4.78, 5) is 14.1. The topological polar surface area (TPSA) is 52.6 Å². The maximum absolute atomic E-state index is 12.2. The summed E-state index contributed by atoms with van der Waals surface area (Å²) in [5.41, 5.74) is 1.67. The summed E-state index contributed by atoms with van der Waals surface area (Å²) in [5.74, 6) is 5.84. The highest BCUT2D eigenvalue weighted by Gasteiger charge is 2.15. The number of carbonyl (C=O) groups excluding carboxylic acids is 1. The van der Waals surface area contributed by atoms with Gasteiger partial charge in [0.05, 0.1) is 6.61 Å². The van der Waals surface area contributed by atoms with E-state index in [1.807, 2.05) is 29.2 Å². The van der Waals surface area contributed by atoms with E-state index in [0.29, 0.717) is 6.42 Å². The largest absolute Gasteiger partial charge is 0.395 e. The predicted molar refractivity (Wildman–Crippen MR) is 84.1 cm³/mol. The third kappa shape index (κ3) is 5.13. The number of nitrogens with one attached hydrogen (secondary N) is 1. The number of anilines is 1. The molecule has 4 nitrogen and oxygen atoms in total. The van der Waals surface area contributed by atoms with Gasteiger partial charge in [-0.15, -0.1) is 0 Å². The molecule has 1 aliphatic heterocycles. The third-order valence-electron chi connectivity index (χ3n) is 3.50. The van der Waals surface area contributed by atoms with Crippen molar-refractivity contribution in [1.82, 2.24) is 4.90 Å². The molecule has 0 bridgehead atoms. The molecule has 0 unspecified atom stereocenters. The SMILES string of the molecule is O=C(Nc1ccc(C#CCCO)cc1)N1CCCCCC1. The van der Waals surface area contributed by atoms with Crippen molar-refractivity contribution in [3.63, 3.8) is 0 Å². The van der Waals surface area contributed by atoms with Crippen LogP contribution in [-0.4, -0.2) is 35.7 Å². The lowest BCUT2D eigenvalue weighted by molar-refractivity contribution is 0.214. The van der Waals surface area contributed by atoms with E-state index in [0.717, 1.165) is 37.2 Å². The van der Waals surface area contributed by atoms with Crippen LogP contribution in [0.5, 0.6) is 0 Å². The molecule has 112 valence electrons. The van der Waals surface area contributed by atoms with Crippen molar-refractivity contribution in [2.45, 2.75) is 32.1 Å². The molecule has 1 aliphatic rings. The van der Waals surface area contributed by atoms with Crippen molar-refractivity contribution < 1.29 is 9.90 Å². The van der Waals surface area contributed by atoms with Gasteiger partial charge in [-0.1, -0.05) is 24.7 Å².